The average Bonchev–Trinajstić information content (AvgIpc) is 2.51. The smallest absolute Gasteiger partial charge is 0.309 e. The van der Waals surface area contributed by atoms with Gasteiger partial charge < -0.3 is 10.6 Å². The van der Waals surface area contributed by atoms with Crippen LogP contribution in [0.3, 0.4) is 0 Å². The van der Waals surface area contributed by atoms with Crippen molar-refractivity contribution in [2.45, 2.75) is 12.1 Å². The molecule has 1 saturated heterocycles. The van der Waals surface area contributed by atoms with Crippen molar-refractivity contribution >= 4 is 11.8 Å². The molecule has 0 spiro atoms. The lowest BCUT2D eigenvalue weighted by atomic mass is 9.91. The fraction of sp³-hybridized carbons (Fsp3) is 0.125. The van der Waals surface area contributed by atoms with Gasteiger partial charge in [0.05, 0.1) is 12.1 Å². The van der Waals surface area contributed by atoms with E-state index in [0.29, 0.717) is 0 Å². The highest BCUT2D eigenvalue weighted by atomic mass is 16.2. The van der Waals surface area contributed by atoms with Crippen LogP contribution in [0.4, 0.5) is 0 Å². The van der Waals surface area contributed by atoms with Crippen LogP contribution in [0.25, 0.3) is 0 Å². The zero-order valence-electron chi connectivity index (χ0n) is 10.7. The Morgan fingerprint density at radius 1 is 0.600 bits per heavy atom. The van der Waals surface area contributed by atoms with Gasteiger partial charge in [-0.25, -0.2) is 0 Å². The molecule has 20 heavy (non-hydrogen) atoms. The molecule has 0 unspecified atom stereocenters. The maximum absolute atomic E-state index is 11.6. The third kappa shape index (κ3) is 2.28. The summed E-state index contributed by atoms with van der Waals surface area (Å²) in [4.78, 5) is 23.3. The van der Waals surface area contributed by atoms with Gasteiger partial charge in [0.1, 0.15) is 0 Å². The third-order valence-electron chi connectivity index (χ3n) is 3.43. The van der Waals surface area contributed by atoms with E-state index in [1.165, 1.54) is 0 Å². The summed E-state index contributed by atoms with van der Waals surface area (Å²) in [7, 11) is 0. The molecule has 2 aromatic carbocycles. The van der Waals surface area contributed by atoms with Crippen molar-refractivity contribution < 1.29 is 9.59 Å². The Morgan fingerprint density at radius 2 is 0.950 bits per heavy atom. The minimum absolute atomic E-state index is 0.260. The monoisotopic (exact) mass is 266 g/mol. The molecule has 0 radical (unpaired) electrons. The quantitative estimate of drug-likeness (QED) is 0.813. The lowest BCUT2D eigenvalue weighted by Gasteiger charge is -2.33. The molecule has 2 amide bonds. The predicted molar refractivity (Wildman–Crippen MR) is 74.7 cm³/mol. The lowest BCUT2D eigenvalue weighted by molar-refractivity contribution is -0.142. The fourth-order valence-corrected chi connectivity index (χ4v) is 2.45. The molecular formula is C16H14N2O2. The van der Waals surface area contributed by atoms with E-state index in [1.807, 2.05) is 60.7 Å². The first-order chi connectivity index (χ1) is 9.75. The minimum atomic E-state index is -0.592. The number of carbonyl (C=O) groups excluding carboxylic acids is 2. The lowest BCUT2D eigenvalue weighted by Crippen LogP contribution is -2.53. The van der Waals surface area contributed by atoms with Crippen molar-refractivity contribution in [1.29, 1.82) is 0 Å². The second-order valence-corrected chi connectivity index (χ2v) is 4.72. The van der Waals surface area contributed by atoms with Crippen molar-refractivity contribution in [3.63, 3.8) is 0 Å². The van der Waals surface area contributed by atoms with E-state index in [-0.39, 0.29) is 12.1 Å². The molecule has 0 saturated carbocycles. The normalized spacial score (nSPS) is 22.0. The molecule has 3 rings (SSSR count). The first-order valence-electron chi connectivity index (χ1n) is 6.47. The minimum Gasteiger partial charge on any atom is -0.339 e. The van der Waals surface area contributed by atoms with Gasteiger partial charge >= 0.3 is 11.8 Å². The van der Waals surface area contributed by atoms with Crippen LogP contribution in [0.2, 0.25) is 0 Å². The van der Waals surface area contributed by atoms with Gasteiger partial charge in [-0.15, -0.1) is 0 Å². The summed E-state index contributed by atoms with van der Waals surface area (Å²) < 4.78 is 0. The molecule has 0 aliphatic carbocycles. The van der Waals surface area contributed by atoms with E-state index in [1.54, 1.807) is 0 Å². The van der Waals surface area contributed by atoms with Crippen molar-refractivity contribution in [3.8, 4) is 0 Å². The molecule has 100 valence electrons. The summed E-state index contributed by atoms with van der Waals surface area (Å²) >= 11 is 0. The Hall–Kier alpha value is -2.62. The number of hydrogen-bond donors (Lipinski definition) is 2. The third-order valence-corrected chi connectivity index (χ3v) is 3.43. The zero-order chi connectivity index (χ0) is 13.9. The van der Waals surface area contributed by atoms with E-state index in [9.17, 15) is 9.59 Å². The Balaban J connectivity index is 2.00. The summed E-state index contributed by atoms with van der Waals surface area (Å²) in [6.45, 7) is 0. The summed E-state index contributed by atoms with van der Waals surface area (Å²) in [5.74, 6) is -1.18. The van der Waals surface area contributed by atoms with Crippen LogP contribution in [0.1, 0.15) is 23.2 Å². The van der Waals surface area contributed by atoms with Crippen molar-refractivity contribution in [2.75, 3.05) is 0 Å². The second-order valence-electron chi connectivity index (χ2n) is 4.72. The van der Waals surface area contributed by atoms with E-state index >= 15 is 0 Å². The van der Waals surface area contributed by atoms with Crippen molar-refractivity contribution in [1.82, 2.24) is 10.6 Å². The van der Waals surface area contributed by atoms with Crippen LogP contribution < -0.4 is 10.6 Å². The van der Waals surface area contributed by atoms with Gasteiger partial charge in [-0.2, -0.15) is 0 Å². The molecule has 0 aromatic heterocycles. The summed E-state index contributed by atoms with van der Waals surface area (Å²) in [5.41, 5.74) is 1.93. The van der Waals surface area contributed by atoms with E-state index in [0.717, 1.165) is 11.1 Å². The number of piperazine rings is 1. The molecule has 1 aliphatic rings. The number of carbonyl (C=O) groups is 2. The maximum Gasteiger partial charge on any atom is 0.309 e. The molecule has 2 atom stereocenters. The topological polar surface area (TPSA) is 58.2 Å². The number of nitrogens with one attached hydrogen (secondary N) is 2. The van der Waals surface area contributed by atoms with Gasteiger partial charge in [0.25, 0.3) is 0 Å². The van der Waals surface area contributed by atoms with Crippen molar-refractivity contribution in [3.05, 3.63) is 71.8 Å². The van der Waals surface area contributed by atoms with Gasteiger partial charge in [-0.3, -0.25) is 9.59 Å². The molecule has 2 N–H and O–H groups in total. The Bertz CT molecular complexity index is 568. The number of hydrogen-bond acceptors (Lipinski definition) is 2. The SMILES string of the molecule is O=C1N[C@@H](c2ccccc2)[C@H](c2ccccc2)NC1=O. The fourth-order valence-electron chi connectivity index (χ4n) is 2.45. The molecular weight excluding hydrogens is 252 g/mol. The molecule has 4 nitrogen and oxygen atoms in total. The van der Waals surface area contributed by atoms with E-state index in [4.69, 9.17) is 0 Å². The molecule has 1 fully saturated rings. The number of rotatable bonds is 2. The van der Waals surface area contributed by atoms with Gasteiger partial charge in [-0.05, 0) is 11.1 Å². The highest BCUT2D eigenvalue weighted by Gasteiger charge is 2.35. The molecule has 1 aliphatic heterocycles. The summed E-state index contributed by atoms with van der Waals surface area (Å²) in [5, 5.41) is 5.56. The second kappa shape index (κ2) is 5.17. The Morgan fingerprint density at radius 3 is 1.30 bits per heavy atom. The summed E-state index contributed by atoms with van der Waals surface area (Å²) in [6.07, 6.45) is 0. The van der Waals surface area contributed by atoms with Gasteiger partial charge in [0.15, 0.2) is 0 Å². The highest BCUT2D eigenvalue weighted by molar-refractivity contribution is 6.35. The van der Waals surface area contributed by atoms with Crippen LogP contribution in [0.15, 0.2) is 60.7 Å². The largest absolute Gasteiger partial charge is 0.339 e. The summed E-state index contributed by atoms with van der Waals surface area (Å²) in [6, 6.07) is 18.8. The number of benzene rings is 2. The zero-order valence-corrected chi connectivity index (χ0v) is 10.7. The van der Waals surface area contributed by atoms with Gasteiger partial charge in [-0.1, -0.05) is 60.7 Å². The van der Waals surface area contributed by atoms with Gasteiger partial charge in [0, 0.05) is 0 Å². The molecule has 2 aromatic rings. The standard InChI is InChI=1S/C16H14N2O2/c19-15-16(20)18-14(12-9-5-2-6-10-12)13(17-15)11-7-3-1-4-8-11/h1-10,13-14H,(H,17,19)(H,18,20)/t13-,14-/m0/s1. The maximum atomic E-state index is 11.6. The molecule has 4 heteroatoms. The van der Waals surface area contributed by atoms with E-state index < -0.39 is 11.8 Å². The Labute approximate surface area is 116 Å². The van der Waals surface area contributed by atoms with Crippen LogP contribution in [-0.2, 0) is 9.59 Å². The first-order valence-corrected chi connectivity index (χ1v) is 6.47. The van der Waals surface area contributed by atoms with Crippen LogP contribution in [0.5, 0.6) is 0 Å². The molecule has 0 bridgehead atoms. The highest BCUT2D eigenvalue weighted by Crippen LogP contribution is 2.30. The average molecular weight is 266 g/mol. The van der Waals surface area contributed by atoms with Crippen LogP contribution in [-0.4, -0.2) is 11.8 Å². The number of amides is 2. The Kier molecular flexibility index (Phi) is 3.21. The molecule has 1 heterocycles. The van der Waals surface area contributed by atoms with Crippen LogP contribution in [0, 0.1) is 0 Å². The van der Waals surface area contributed by atoms with Crippen molar-refractivity contribution in [2.24, 2.45) is 0 Å². The van der Waals surface area contributed by atoms with Crippen LogP contribution >= 0.6 is 0 Å². The predicted octanol–water partition coefficient (Wildman–Crippen LogP) is 1.71. The van der Waals surface area contributed by atoms with E-state index in [2.05, 4.69) is 10.6 Å². The van der Waals surface area contributed by atoms with Gasteiger partial charge in [0.2, 0.25) is 0 Å². The first kappa shape index (κ1) is 12.4.